The number of rotatable bonds is 8. The van der Waals surface area contributed by atoms with Crippen molar-refractivity contribution >= 4 is 17.2 Å². The minimum Gasteiger partial charge on any atom is -0.395 e. The van der Waals surface area contributed by atoms with Crippen molar-refractivity contribution in [1.82, 2.24) is 10.2 Å². The van der Waals surface area contributed by atoms with Crippen molar-refractivity contribution in [1.29, 1.82) is 0 Å². The lowest BCUT2D eigenvalue weighted by atomic mass is 10.3. The molecule has 0 radical (unpaired) electrons. The number of carbonyl (C=O) groups excluding carboxylic acids is 1. The van der Waals surface area contributed by atoms with Crippen LogP contribution in [0.4, 0.5) is 0 Å². The Balaban J connectivity index is 2.33. The molecule has 6 heteroatoms. The molecule has 5 nitrogen and oxygen atoms in total. The standard InChI is InChI=1S/C12H20N2O3S/c1-10-2-7-18-11(10)8-13-12(17)9-14(3-5-15)4-6-16/h2,7,15-16H,3-6,8-9H2,1H3,(H,13,17). The van der Waals surface area contributed by atoms with Crippen LogP contribution in [-0.2, 0) is 11.3 Å². The van der Waals surface area contributed by atoms with Crippen molar-refractivity contribution in [3.05, 3.63) is 21.9 Å². The molecule has 1 aromatic heterocycles. The van der Waals surface area contributed by atoms with Gasteiger partial charge in [0.25, 0.3) is 0 Å². The van der Waals surface area contributed by atoms with Crippen LogP contribution in [0.1, 0.15) is 10.4 Å². The normalized spacial score (nSPS) is 10.9. The van der Waals surface area contributed by atoms with E-state index in [4.69, 9.17) is 10.2 Å². The lowest BCUT2D eigenvalue weighted by Gasteiger charge is -2.19. The van der Waals surface area contributed by atoms with Gasteiger partial charge in [-0.25, -0.2) is 0 Å². The van der Waals surface area contributed by atoms with Crippen LogP contribution in [0.25, 0.3) is 0 Å². The van der Waals surface area contributed by atoms with Crippen LogP contribution in [0.3, 0.4) is 0 Å². The predicted molar refractivity (Wildman–Crippen MR) is 71.5 cm³/mol. The Kier molecular flexibility index (Phi) is 6.89. The Hall–Kier alpha value is -0.950. The van der Waals surface area contributed by atoms with E-state index in [1.54, 1.807) is 16.2 Å². The average molecular weight is 272 g/mol. The molecule has 0 fully saturated rings. The van der Waals surface area contributed by atoms with Gasteiger partial charge in [0.05, 0.1) is 26.3 Å². The van der Waals surface area contributed by atoms with Crippen molar-refractivity contribution in [3.63, 3.8) is 0 Å². The average Bonchev–Trinajstić information content (AvgIpc) is 2.73. The predicted octanol–water partition coefficient (Wildman–Crippen LogP) is -0.0407. The molecule has 0 aliphatic rings. The maximum absolute atomic E-state index is 11.7. The molecule has 0 aliphatic carbocycles. The third-order valence-electron chi connectivity index (χ3n) is 2.61. The first-order valence-electron chi connectivity index (χ1n) is 5.91. The number of nitrogens with one attached hydrogen (secondary N) is 1. The summed E-state index contributed by atoms with van der Waals surface area (Å²) < 4.78 is 0. The van der Waals surface area contributed by atoms with E-state index >= 15 is 0 Å². The molecule has 0 aromatic carbocycles. The summed E-state index contributed by atoms with van der Waals surface area (Å²) in [4.78, 5) is 14.6. The molecule has 3 N–H and O–H groups in total. The summed E-state index contributed by atoms with van der Waals surface area (Å²) in [5, 5.41) is 22.5. The highest BCUT2D eigenvalue weighted by atomic mass is 32.1. The van der Waals surface area contributed by atoms with Crippen LogP contribution in [0.5, 0.6) is 0 Å². The first-order valence-corrected chi connectivity index (χ1v) is 6.79. The minimum absolute atomic E-state index is 0.0166. The van der Waals surface area contributed by atoms with Gasteiger partial charge in [-0.15, -0.1) is 11.3 Å². The van der Waals surface area contributed by atoms with Crippen molar-refractivity contribution in [3.8, 4) is 0 Å². The van der Waals surface area contributed by atoms with Crippen LogP contribution in [-0.4, -0.2) is 53.9 Å². The Morgan fingerprint density at radius 1 is 1.39 bits per heavy atom. The number of aliphatic hydroxyl groups excluding tert-OH is 2. The van der Waals surface area contributed by atoms with Gasteiger partial charge >= 0.3 is 0 Å². The molecular weight excluding hydrogens is 252 g/mol. The number of thiophene rings is 1. The zero-order valence-electron chi connectivity index (χ0n) is 10.6. The Morgan fingerprint density at radius 3 is 2.56 bits per heavy atom. The van der Waals surface area contributed by atoms with E-state index in [1.807, 2.05) is 18.4 Å². The quantitative estimate of drug-likeness (QED) is 0.621. The minimum atomic E-state index is -0.0929. The highest BCUT2D eigenvalue weighted by molar-refractivity contribution is 7.10. The smallest absolute Gasteiger partial charge is 0.234 e. The van der Waals surface area contributed by atoms with Gasteiger partial charge in [-0.2, -0.15) is 0 Å². The fraction of sp³-hybridized carbons (Fsp3) is 0.583. The van der Waals surface area contributed by atoms with Gasteiger partial charge in [-0.05, 0) is 23.9 Å². The van der Waals surface area contributed by atoms with Crippen molar-refractivity contribution < 1.29 is 15.0 Å². The molecule has 0 saturated carbocycles. The Morgan fingerprint density at radius 2 is 2.06 bits per heavy atom. The zero-order chi connectivity index (χ0) is 13.4. The number of carbonyl (C=O) groups is 1. The van der Waals surface area contributed by atoms with Gasteiger partial charge in [-0.1, -0.05) is 0 Å². The zero-order valence-corrected chi connectivity index (χ0v) is 11.4. The highest BCUT2D eigenvalue weighted by Crippen LogP contribution is 2.14. The number of nitrogens with zero attached hydrogens (tertiary/aromatic N) is 1. The fourth-order valence-electron chi connectivity index (χ4n) is 1.58. The molecular formula is C12H20N2O3S. The van der Waals surface area contributed by atoms with Gasteiger partial charge in [-0.3, -0.25) is 9.69 Å². The lowest BCUT2D eigenvalue weighted by Crippen LogP contribution is -2.39. The fourth-order valence-corrected chi connectivity index (χ4v) is 2.42. The summed E-state index contributed by atoms with van der Waals surface area (Å²) in [5.41, 5.74) is 1.18. The summed E-state index contributed by atoms with van der Waals surface area (Å²) >= 11 is 1.62. The van der Waals surface area contributed by atoms with Crippen LogP contribution in [0.2, 0.25) is 0 Å². The maximum atomic E-state index is 11.7. The van der Waals surface area contributed by atoms with Gasteiger partial charge in [0.1, 0.15) is 0 Å². The molecule has 102 valence electrons. The van der Waals surface area contributed by atoms with Crippen molar-refractivity contribution in [2.45, 2.75) is 13.5 Å². The van der Waals surface area contributed by atoms with E-state index < -0.39 is 0 Å². The second kappa shape index (κ2) is 8.20. The van der Waals surface area contributed by atoms with E-state index in [0.29, 0.717) is 19.6 Å². The van der Waals surface area contributed by atoms with Crippen LogP contribution < -0.4 is 5.32 Å². The summed E-state index contributed by atoms with van der Waals surface area (Å²) in [6, 6.07) is 2.02. The van der Waals surface area contributed by atoms with E-state index in [9.17, 15) is 4.79 Å². The summed E-state index contributed by atoms with van der Waals surface area (Å²) in [5.74, 6) is -0.0929. The number of hydrogen-bond acceptors (Lipinski definition) is 5. The molecule has 1 aromatic rings. The van der Waals surface area contributed by atoms with E-state index in [0.717, 1.165) is 4.88 Å². The van der Waals surface area contributed by atoms with E-state index in [-0.39, 0.29) is 25.7 Å². The monoisotopic (exact) mass is 272 g/mol. The molecule has 0 atom stereocenters. The Labute approximate surface area is 111 Å². The first kappa shape index (κ1) is 15.1. The molecule has 1 rings (SSSR count). The Bertz CT molecular complexity index is 362. The van der Waals surface area contributed by atoms with Crippen molar-refractivity contribution in [2.75, 3.05) is 32.8 Å². The SMILES string of the molecule is Cc1ccsc1CNC(=O)CN(CCO)CCO. The van der Waals surface area contributed by atoms with Gasteiger partial charge < -0.3 is 15.5 Å². The largest absolute Gasteiger partial charge is 0.395 e. The summed E-state index contributed by atoms with van der Waals surface area (Å²) in [7, 11) is 0. The third-order valence-corrected chi connectivity index (χ3v) is 3.64. The van der Waals surface area contributed by atoms with Gasteiger partial charge in [0.2, 0.25) is 5.91 Å². The first-order chi connectivity index (χ1) is 8.67. The van der Waals surface area contributed by atoms with E-state index in [2.05, 4.69) is 5.32 Å². The second-order valence-corrected chi connectivity index (χ2v) is 5.03. The molecule has 0 bridgehead atoms. The van der Waals surface area contributed by atoms with Crippen LogP contribution in [0, 0.1) is 6.92 Å². The highest BCUT2D eigenvalue weighted by Gasteiger charge is 2.10. The van der Waals surface area contributed by atoms with E-state index in [1.165, 1.54) is 5.56 Å². The van der Waals surface area contributed by atoms with Crippen molar-refractivity contribution in [2.24, 2.45) is 0 Å². The molecule has 1 heterocycles. The third kappa shape index (κ3) is 5.14. The lowest BCUT2D eigenvalue weighted by molar-refractivity contribution is -0.122. The number of aliphatic hydroxyl groups is 2. The number of hydrogen-bond donors (Lipinski definition) is 3. The topological polar surface area (TPSA) is 72.8 Å². The van der Waals surface area contributed by atoms with Crippen LogP contribution in [0.15, 0.2) is 11.4 Å². The van der Waals surface area contributed by atoms with Gasteiger partial charge in [0, 0.05) is 18.0 Å². The maximum Gasteiger partial charge on any atom is 0.234 e. The molecule has 0 unspecified atom stereocenters. The molecule has 0 saturated heterocycles. The number of aryl methyl sites for hydroxylation is 1. The second-order valence-electron chi connectivity index (χ2n) is 4.03. The molecule has 0 aliphatic heterocycles. The molecule has 18 heavy (non-hydrogen) atoms. The molecule has 0 spiro atoms. The summed E-state index contributed by atoms with van der Waals surface area (Å²) in [6.45, 7) is 3.51. The van der Waals surface area contributed by atoms with Crippen LogP contribution >= 0.6 is 11.3 Å². The van der Waals surface area contributed by atoms with Gasteiger partial charge in [0.15, 0.2) is 0 Å². The summed E-state index contributed by atoms with van der Waals surface area (Å²) in [6.07, 6.45) is 0. The number of amides is 1. The molecule has 1 amide bonds.